The molecule has 0 radical (unpaired) electrons. The Morgan fingerprint density at radius 2 is 1.93 bits per heavy atom. The Morgan fingerprint density at radius 1 is 1.40 bits per heavy atom. The predicted octanol–water partition coefficient (Wildman–Crippen LogP) is 2.19. The molecule has 0 aliphatic carbocycles. The number of carbonyl (C=O) groups is 1. The molecule has 4 heteroatoms. The van der Waals surface area contributed by atoms with E-state index in [1.807, 2.05) is 27.7 Å². The van der Waals surface area contributed by atoms with Gasteiger partial charge in [-0.15, -0.1) is 6.42 Å². The van der Waals surface area contributed by atoms with Gasteiger partial charge in [-0.2, -0.15) is 0 Å². The molecule has 0 rings (SSSR count). The lowest BCUT2D eigenvalue weighted by atomic mass is 10.2. The third-order valence-corrected chi connectivity index (χ3v) is 2.31. The van der Waals surface area contributed by atoms with Crippen LogP contribution in [0, 0.1) is 17.6 Å². The van der Waals surface area contributed by atoms with Gasteiger partial charge >= 0.3 is 0 Å². The number of amidine groups is 1. The number of hydrogen-bond donors (Lipinski definition) is 0. The Hall–Kier alpha value is -0.950. The quantitative estimate of drug-likeness (QED) is 0.411. The maximum atomic E-state index is 11.7. The summed E-state index contributed by atoms with van der Waals surface area (Å²) >= 11 is 1.14. The number of aliphatic imine (C=N–C) groups is 1. The van der Waals surface area contributed by atoms with Gasteiger partial charge in [0.1, 0.15) is 0 Å². The van der Waals surface area contributed by atoms with Crippen molar-refractivity contribution >= 4 is 22.8 Å². The minimum atomic E-state index is -0.0502. The highest BCUT2D eigenvalue weighted by Crippen LogP contribution is 2.11. The van der Waals surface area contributed by atoms with Crippen LogP contribution < -0.4 is 0 Å². The van der Waals surface area contributed by atoms with Gasteiger partial charge < -0.3 is 0 Å². The van der Waals surface area contributed by atoms with Gasteiger partial charge in [0.25, 0.3) is 0 Å². The highest BCUT2D eigenvalue weighted by atomic mass is 32.2. The maximum absolute atomic E-state index is 11.7. The normalized spacial score (nSPS) is 11.7. The van der Waals surface area contributed by atoms with E-state index < -0.39 is 0 Å². The van der Waals surface area contributed by atoms with Crippen molar-refractivity contribution in [3.63, 3.8) is 0 Å². The van der Waals surface area contributed by atoms with E-state index in [1.165, 1.54) is 4.90 Å². The summed E-state index contributed by atoms with van der Waals surface area (Å²) in [6, 6.07) is 0.128. The molecule has 15 heavy (non-hydrogen) atoms. The fraction of sp³-hybridized carbons (Fsp3) is 0.636. The highest BCUT2D eigenvalue weighted by molar-refractivity contribution is 8.17. The van der Waals surface area contributed by atoms with Crippen molar-refractivity contribution in [2.45, 2.75) is 33.7 Å². The first-order chi connectivity index (χ1) is 6.90. The lowest BCUT2D eigenvalue weighted by Gasteiger charge is -2.20. The van der Waals surface area contributed by atoms with Crippen molar-refractivity contribution in [1.29, 1.82) is 0 Å². The summed E-state index contributed by atoms with van der Waals surface area (Å²) in [5.74, 6) is -0.0251. The van der Waals surface area contributed by atoms with Gasteiger partial charge in [-0.3, -0.25) is 14.7 Å². The minimum absolute atomic E-state index is 0.0251. The number of thioether (sulfide) groups is 1. The molecule has 0 saturated heterocycles. The van der Waals surface area contributed by atoms with E-state index in [0.717, 1.165) is 11.8 Å². The number of terminal acetylenes is 1. The van der Waals surface area contributed by atoms with Gasteiger partial charge in [-0.05, 0) is 30.9 Å². The van der Waals surface area contributed by atoms with Crippen LogP contribution in [-0.4, -0.2) is 29.1 Å². The minimum Gasteiger partial charge on any atom is -0.294 e. The molecule has 0 aromatic rings. The van der Waals surface area contributed by atoms with Crippen molar-refractivity contribution in [2.75, 3.05) is 7.05 Å². The van der Waals surface area contributed by atoms with E-state index in [4.69, 9.17) is 6.42 Å². The number of hydrogen-bond acceptors (Lipinski definition) is 3. The molecule has 3 nitrogen and oxygen atoms in total. The van der Waals surface area contributed by atoms with Crippen molar-refractivity contribution in [2.24, 2.45) is 10.9 Å². The molecule has 0 fully saturated rings. The lowest BCUT2D eigenvalue weighted by Crippen LogP contribution is -2.34. The zero-order chi connectivity index (χ0) is 12.0. The first-order valence-electron chi connectivity index (χ1n) is 4.88. The standard InChI is InChI=1S/C11H18N2OS/c1-7-15-11(12-9(4)5)13(6)10(14)8(2)3/h1,8-9H,2-6H3/b12-11+. The van der Waals surface area contributed by atoms with Crippen LogP contribution in [0.25, 0.3) is 0 Å². The molecule has 0 aliphatic heterocycles. The zero-order valence-electron chi connectivity index (χ0n) is 9.94. The van der Waals surface area contributed by atoms with E-state index in [-0.39, 0.29) is 17.9 Å². The lowest BCUT2D eigenvalue weighted by molar-refractivity contribution is -0.129. The first-order valence-corrected chi connectivity index (χ1v) is 5.69. The molecule has 0 aliphatic rings. The van der Waals surface area contributed by atoms with Gasteiger partial charge in [0.15, 0.2) is 5.17 Å². The molecule has 0 bridgehead atoms. The second-order valence-corrected chi connectivity index (χ2v) is 4.58. The van der Waals surface area contributed by atoms with Crippen LogP contribution in [0.1, 0.15) is 27.7 Å². The molecule has 0 aromatic heterocycles. The van der Waals surface area contributed by atoms with Crippen molar-refractivity contribution in [3.8, 4) is 11.7 Å². The van der Waals surface area contributed by atoms with Gasteiger partial charge in [0.2, 0.25) is 5.91 Å². The number of nitrogens with zero attached hydrogens (tertiary/aromatic N) is 2. The smallest absolute Gasteiger partial charge is 0.230 e. The van der Waals surface area contributed by atoms with Crippen LogP contribution in [0.2, 0.25) is 0 Å². The van der Waals surface area contributed by atoms with Crippen LogP contribution in [-0.2, 0) is 4.79 Å². The summed E-state index contributed by atoms with van der Waals surface area (Å²) in [5.41, 5.74) is 0. The molecular formula is C11H18N2OS. The average molecular weight is 226 g/mol. The summed E-state index contributed by atoms with van der Waals surface area (Å²) in [7, 11) is 1.70. The Balaban J connectivity index is 4.79. The molecule has 0 unspecified atom stereocenters. The van der Waals surface area contributed by atoms with E-state index in [2.05, 4.69) is 10.2 Å². The third kappa shape index (κ3) is 4.89. The second-order valence-electron chi connectivity index (χ2n) is 3.78. The largest absolute Gasteiger partial charge is 0.294 e. The van der Waals surface area contributed by atoms with Crippen LogP contribution in [0.3, 0.4) is 0 Å². The highest BCUT2D eigenvalue weighted by Gasteiger charge is 2.18. The Kier molecular flexibility index (Phi) is 6.11. The first kappa shape index (κ1) is 14.1. The van der Waals surface area contributed by atoms with Gasteiger partial charge in [-0.1, -0.05) is 13.8 Å². The van der Waals surface area contributed by atoms with Crippen molar-refractivity contribution in [3.05, 3.63) is 0 Å². The fourth-order valence-corrected chi connectivity index (χ4v) is 1.53. The molecule has 0 aromatic carbocycles. The average Bonchev–Trinajstić information content (AvgIpc) is 2.14. The third-order valence-electron chi connectivity index (χ3n) is 1.63. The SMILES string of the molecule is C#CS/C(=N/C(C)C)N(C)C(=O)C(C)C. The van der Waals surface area contributed by atoms with E-state index >= 15 is 0 Å². The van der Waals surface area contributed by atoms with E-state index in [1.54, 1.807) is 7.05 Å². The molecule has 0 N–H and O–H groups in total. The van der Waals surface area contributed by atoms with Crippen LogP contribution in [0.4, 0.5) is 0 Å². The zero-order valence-corrected chi connectivity index (χ0v) is 10.8. The second kappa shape index (κ2) is 6.52. The summed E-state index contributed by atoms with van der Waals surface area (Å²) in [6.07, 6.45) is 5.21. The van der Waals surface area contributed by atoms with Crippen molar-refractivity contribution < 1.29 is 4.79 Å². The maximum Gasteiger partial charge on any atom is 0.230 e. The Bertz CT molecular complexity index is 289. The summed E-state index contributed by atoms with van der Waals surface area (Å²) in [5, 5.41) is 3.03. The van der Waals surface area contributed by atoms with Crippen molar-refractivity contribution in [1.82, 2.24) is 4.90 Å². The predicted molar refractivity (Wildman–Crippen MR) is 66.6 cm³/mol. The number of amides is 1. The van der Waals surface area contributed by atoms with Crippen LogP contribution >= 0.6 is 11.8 Å². The Labute approximate surface area is 96.3 Å². The number of rotatable bonds is 2. The summed E-state index contributed by atoms with van der Waals surface area (Å²) in [6.45, 7) is 7.61. The van der Waals surface area contributed by atoms with E-state index in [0.29, 0.717) is 5.17 Å². The van der Waals surface area contributed by atoms with Crippen LogP contribution in [0.15, 0.2) is 4.99 Å². The van der Waals surface area contributed by atoms with E-state index in [9.17, 15) is 4.79 Å². The molecule has 0 spiro atoms. The summed E-state index contributed by atoms with van der Waals surface area (Å²) < 4.78 is 0. The summed E-state index contributed by atoms with van der Waals surface area (Å²) in [4.78, 5) is 17.5. The van der Waals surface area contributed by atoms with Gasteiger partial charge in [-0.25, -0.2) is 0 Å². The van der Waals surface area contributed by atoms with Gasteiger partial charge in [0, 0.05) is 19.0 Å². The molecule has 0 saturated carbocycles. The molecule has 0 atom stereocenters. The molecular weight excluding hydrogens is 208 g/mol. The Morgan fingerprint density at radius 3 is 2.27 bits per heavy atom. The molecule has 0 heterocycles. The number of carbonyl (C=O) groups excluding carboxylic acids is 1. The van der Waals surface area contributed by atoms with Gasteiger partial charge in [0.05, 0.1) is 0 Å². The molecule has 84 valence electrons. The topological polar surface area (TPSA) is 32.7 Å². The fourth-order valence-electron chi connectivity index (χ4n) is 0.937. The monoisotopic (exact) mass is 226 g/mol. The molecule has 1 amide bonds. The van der Waals surface area contributed by atoms with Crippen LogP contribution in [0.5, 0.6) is 0 Å².